The Morgan fingerprint density at radius 2 is 2.32 bits per heavy atom. The number of rotatable bonds is 5. The molecule has 1 saturated heterocycles. The van der Waals surface area contributed by atoms with Crippen LogP contribution in [0.5, 0.6) is 5.75 Å². The summed E-state index contributed by atoms with van der Waals surface area (Å²) >= 11 is 3.49. The van der Waals surface area contributed by atoms with E-state index in [4.69, 9.17) is 9.47 Å². The highest BCUT2D eigenvalue weighted by molar-refractivity contribution is 9.10. The summed E-state index contributed by atoms with van der Waals surface area (Å²) in [4.78, 5) is 0. The summed E-state index contributed by atoms with van der Waals surface area (Å²) in [5, 5.41) is 10.4. The van der Waals surface area contributed by atoms with Crippen molar-refractivity contribution in [2.75, 3.05) is 13.2 Å². The first kappa shape index (κ1) is 14.8. The predicted molar refractivity (Wildman–Crippen MR) is 78.5 cm³/mol. The van der Waals surface area contributed by atoms with E-state index in [9.17, 15) is 5.11 Å². The van der Waals surface area contributed by atoms with E-state index in [1.54, 1.807) is 0 Å². The van der Waals surface area contributed by atoms with Crippen molar-refractivity contribution in [2.45, 2.75) is 44.8 Å². The van der Waals surface area contributed by atoms with Gasteiger partial charge in [0.05, 0.1) is 17.2 Å². The number of hydrogen-bond acceptors (Lipinski definition) is 3. The zero-order chi connectivity index (χ0) is 13.7. The molecule has 1 fully saturated rings. The van der Waals surface area contributed by atoms with E-state index in [1.165, 1.54) is 0 Å². The van der Waals surface area contributed by atoms with Crippen LogP contribution in [0.3, 0.4) is 0 Å². The Bertz CT molecular complexity index is 402. The Hall–Kier alpha value is -0.580. The summed E-state index contributed by atoms with van der Waals surface area (Å²) in [5.74, 6) is 0.822. The molecule has 3 nitrogen and oxygen atoms in total. The number of aliphatic hydroxyl groups is 1. The molecule has 1 aromatic rings. The van der Waals surface area contributed by atoms with Crippen LogP contribution in [0, 0.1) is 0 Å². The Labute approximate surface area is 123 Å². The van der Waals surface area contributed by atoms with Crippen molar-refractivity contribution in [3.63, 3.8) is 0 Å². The summed E-state index contributed by atoms with van der Waals surface area (Å²) in [7, 11) is 0. The molecule has 4 heteroatoms. The molecule has 0 aromatic heterocycles. The maximum Gasteiger partial charge on any atom is 0.133 e. The van der Waals surface area contributed by atoms with E-state index >= 15 is 0 Å². The average molecular weight is 329 g/mol. The summed E-state index contributed by atoms with van der Waals surface area (Å²) in [5.41, 5.74) is 0.877. The van der Waals surface area contributed by atoms with Crippen LogP contribution >= 0.6 is 15.9 Å². The molecule has 0 amide bonds. The van der Waals surface area contributed by atoms with Gasteiger partial charge in [-0.1, -0.05) is 13.0 Å². The van der Waals surface area contributed by atoms with Crippen molar-refractivity contribution in [1.82, 2.24) is 0 Å². The third-order valence-electron chi connectivity index (χ3n) is 3.33. The molecular weight excluding hydrogens is 308 g/mol. The van der Waals surface area contributed by atoms with E-state index < -0.39 is 6.10 Å². The Morgan fingerprint density at radius 1 is 1.47 bits per heavy atom. The summed E-state index contributed by atoms with van der Waals surface area (Å²) in [6, 6.07) is 5.74. The SMILES string of the molecule is CCCOc1ccc(C(O)C2CCCCO2)cc1Br. The fourth-order valence-electron chi connectivity index (χ4n) is 2.26. The van der Waals surface area contributed by atoms with E-state index in [1.807, 2.05) is 18.2 Å². The van der Waals surface area contributed by atoms with Crippen molar-refractivity contribution in [1.29, 1.82) is 0 Å². The molecule has 106 valence electrons. The van der Waals surface area contributed by atoms with Gasteiger partial charge in [-0.05, 0) is 59.3 Å². The fraction of sp³-hybridized carbons (Fsp3) is 0.600. The van der Waals surface area contributed by atoms with Crippen LogP contribution in [-0.2, 0) is 4.74 Å². The monoisotopic (exact) mass is 328 g/mol. The molecule has 0 saturated carbocycles. The van der Waals surface area contributed by atoms with E-state index in [0.29, 0.717) is 6.61 Å². The van der Waals surface area contributed by atoms with Gasteiger partial charge in [-0.2, -0.15) is 0 Å². The molecule has 2 rings (SSSR count). The van der Waals surface area contributed by atoms with Gasteiger partial charge in [0.1, 0.15) is 11.9 Å². The third-order valence-corrected chi connectivity index (χ3v) is 3.95. The molecule has 0 aliphatic carbocycles. The number of aliphatic hydroxyl groups excluding tert-OH is 1. The molecule has 1 aliphatic rings. The summed E-state index contributed by atoms with van der Waals surface area (Å²) in [6.45, 7) is 3.53. The maximum atomic E-state index is 10.4. The standard InChI is InChI=1S/C15H21BrO3/c1-2-8-18-13-7-6-11(10-12(13)16)15(17)14-5-3-4-9-19-14/h6-7,10,14-15,17H,2-5,8-9H2,1H3. The lowest BCUT2D eigenvalue weighted by atomic mass is 9.98. The van der Waals surface area contributed by atoms with Crippen LogP contribution in [0.4, 0.5) is 0 Å². The van der Waals surface area contributed by atoms with E-state index in [0.717, 1.165) is 48.1 Å². The smallest absolute Gasteiger partial charge is 0.133 e. The van der Waals surface area contributed by atoms with Crippen molar-refractivity contribution < 1.29 is 14.6 Å². The lowest BCUT2D eigenvalue weighted by Gasteiger charge is -2.27. The highest BCUT2D eigenvalue weighted by Crippen LogP contribution is 2.32. The first-order valence-corrected chi connectivity index (χ1v) is 7.73. The quantitative estimate of drug-likeness (QED) is 0.892. The third kappa shape index (κ3) is 3.94. The number of hydrogen-bond donors (Lipinski definition) is 1. The van der Waals surface area contributed by atoms with Crippen molar-refractivity contribution >= 4 is 15.9 Å². The lowest BCUT2D eigenvalue weighted by molar-refractivity contribution is -0.0633. The summed E-state index contributed by atoms with van der Waals surface area (Å²) in [6.07, 6.45) is 3.48. The molecule has 2 unspecified atom stereocenters. The van der Waals surface area contributed by atoms with Crippen LogP contribution in [-0.4, -0.2) is 24.4 Å². The van der Waals surface area contributed by atoms with Crippen LogP contribution in [0.25, 0.3) is 0 Å². The summed E-state index contributed by atoms with van der Waals surface area (Å²) < 4.78 is 12.1. The van der Waals surface area contributed by atoms with Gasteiger partial charge in [0.25, 0.3) is 0 Å². The van der Waals surface area contributed by atoms with Gasteiger partial charge in [0.2, 0.25) is 0 Å². The molecular formula is C15H21BrO3. The minimum atomic E-state index is -0.558. The molecule has 1 N–H and O–H groups in total. The molecule has 0 bridgehead atoms. The minimum Gasteiger partial charge on any atom is -0.492 e. The van der Waals surface area contributed by atoms with Gasteiger partial charge in [-0.15, -0.1) is 0 Å². The van der Waals surface area contributed by atoms with Crippen LogP contribution in [0.1, 0.15) is 44.3 Å². The van der Waals surface area contributed by atoms with Crippen molar-refractivity contribution in [2.24, 2.45) is 0 Å². The molecule has 19 heavy (non-hydrogen) atoms. The largest absolute Gasteiger partial charge is 0.492 e. The molecule has 1 aromatic carbocycles. The topological polar surface area (TPSA) is 38.7 Å². The Kier molecular flexibility index (Phi) is 5.67. The first-order valence-electron chi connectivity index (χ1n) is 6.94. The van der Waals surface area contributed by atoms with Crippen LogP contribution < -0.4 is 4.74 Å². The second kappa shape index (κ2) is 7.27. The van der Waals surface area contributed by atoms with E-state index in [2.05, 4.69) is 22.9 Å². The molecule has 2 atom stereocenters. The number of ether oxygens (including phenoxy) is 2. The predicted octanol–water partition coefficient (Wildman–Crippen LogP) is 3.84. The number of benzene rings is 1. The van der Waals surface area contributed by atoms with Gasteiger partial charge in [-0.25, -0.2) is 0 Å². The zero-order valence-corrected chi connectivity index (χ0v) is 12.9. The molecule has 1 aliphatic heterocycles. The molecule has 1 heterocycles. The minimum absolute atomic E-state index is 0.0805. The highest BCUT2D eigenvalue weighted by Gasteiger charge is 2.24. The highest BCUT2D eigenvalue weighted by atomic mass is 79.9. The van der Waals surface area contributed by atoms with Gasteiger partial charge in [-0.3, -0.25) is 0 Å². The molecule has 0 spiro atoms. The second-order valence-electron chi connectivity index (χ2n) is 4.89. The average Bonchev–Trinajstić information content (AvgIpc) is 2.46. The van der Waals surface area contributed by atoms with Crippen molar-refractivity contribution in [3.05, 3.63) is 28.2 Å². The lowest BCUT2D eigenvalue weighted by Crippen LogP contribution is -2.26. The van der Waals surface area contributed by atoms with Crippen LogP contribution in [0.2, 0.25) is 0 Å². The fourth-order valence-corrected chi connectivity index (χ4v) is 2.77. The van der Waals surface area contributed by atoms with Gasteiger partial charge >= 0.3 is 0 Å². The maximum absolute atomic E-state index is 10.4. The normalized spacial score (nSPS) is 21.1. The van der Waals surface area contributed by atoms with Gasteiger partial charge in [0, 0.05) is 6.61 Å². The Morgan fingerprint density at radius 3 is 2.95 bits per heavy atom. The van der Waals surface area contributed by atoms with Crippen LogP contribution in [0.15, 0.2) is 22.7 Å². The number of halogens is 1. The Balaban J connectivity index is 2.05. The van der Waals surface area contributed by atoms with Crippen molar-refractivity contribution in [3.8, 4) is 5.75 Å². The second-order valence-corrected chi connectivity index (χ2v) is 5.74. The van der Waals surface area contributed by atoms with Gasteiger partial charge < -0.3 is 14.6 Å². The van der Waals surface area contributed by atoms with E-state index in [-0.39, 0.29) is 6.10 Å². The van der Waals surface area contributed by atoms with Gasteiger partial charge in [0.15, 0.2) is 0 Å². The first-order chi connectivity index (χ1) is 9.22. The molecule has 0 radical (unpaired) electrons. The zero-order valence-electron chi connectivity index (χ0n) is 11.3.